The average Bonchev–Trinajstić information content (AvgIpc) is 3.55. The highest BCUT2D eigenvalue weighted by atomic mass is 19.3. The zero-order valence-electron chi connectivity index (χ0n) is 26.7. The summed E-state index contributed by atoms with van der Waals surface area (Å²) in [5, 5.41) is 0. The Morgan fingerprint density at radius 1 is 0.542 bits per heavy atom. The number of nitrogens with zero attached hydrogens (tertiary/aromatic N) is 2. The van der Waals surface area contributed by atoms with E-state index >= 15 is 0 Å². The molecule has 12 heteroatoms. The van der Waals surface area contributed by atoms with E-state index in [4.69, 9.17) is 18.8 Å². The summed E-state index contributed by atoms with van der Waals surface area (Å²) in [7, 11) is -4.89. The third-order valence-corrected chi connectivity index (χ3v) is 7.77. The third-order valence-electron chi connectivity index (χ3n) is 7.77. The molecule has 0 spiro atoms. The Bertz CT molecular complexity index is 1650. The molecule has 6 rings (SSSR count). The highest BCUT2D eigenvalue weighted by molar-refractivity contribution is 6.53. The second kappa shape index (κ2) is 15.6. The van der Waals surface area contributed by atoms with Gasteiger partial charge in [-0.15, -0.1) is 0 Å². The van der Waals surface area contributed by atoms with E-state index in [9.17, 15) is 17.3 Å². The Labute approximate surface area is 278 Å². The van der Waals surface area contributed by atoms with Crippen molar-refractivity contribution in [2.45, 2.75) is 12.8 Å². The fraction of sp³-hybridized carbons (Fsp3) is 0.167. The molecule has 0 atom stereocenters. The van der Waals surface area contributed by atoms with Gasteiger partial charge in [-0.05, 0) is 58.7 Å². The van der Waals surface area contributed by atoms with E-state index in [1.807, 2.05) is 60.7 Å². The van der Waals surface area contributed by atoms with Crippen LogP contribution < -0.4 is 9.47 Å². The summed E-state index contributed by atoms with van der Waals surface area (Å²) < 4.78 is 78.0. The lowest BCUT2D eigenvalue weighted by molar-refractivity contribution is -0.426. The van der Waals surface area contributed by atoms with Crippen LogP contribution >= 0.6 is 0 Å². The van der Waals surface area contributed by atoms with E-state index in [-0.39, 0.29) is 24.6 Å². The van der Waals surface area contributed by atoms with Crippen LogP contribution in [-0.2, 0) is 22.2 Å². The van der Waals surface area contributed by atoms with E-state index in [1.165, 1.54) is 12.4 Å². The minimum atomic E-state index is -4.02. The first-order valence-electron chi connectivity index (χ1n) is 15.5. The highest BCUT2D eigenvalue weighted by Crippen LogP contribution is 2.25. The Balaban J connectivity index is 0.000000188. The molecule has 6 nitrogen and oxygen atoms in total. The SMILES string of the molecule is COc1ccc(/C=C2/C=[N+](CCc3ccccc3)[B-](F)(F)O2)cc1.COc1ccc(/C=C2/C=[N+](CCc3ccccc3)[B-](F)(F)O2)cc1. The van der Waals surface area contributed by atoms with Crippen molar-refractivity contribution in [3.05, 3.63) is 143 Å². The van der Waals surface area contributed by atoms with Gasteiger partial charge in [0.25, 0.3) is 0 Å². The highest BCUT2D eigenvalue weighted by Gasteiger charge is 2.51. The lowest BCUT2D eigenvalue weighted by Gasteiger charge is -2.15. The molecule has 248 valence electrons. The second-order valence-corrected chi connectivity index (χ2v) is 11.2. The molecule has 0 bridgehead atoms. The van der Waals surface area contributed by atoms with Gasteiger partial charge in [0, 0.05) is 12.8 Å². The van der Waals surface area contributed by atoms with Gasteiger partial charge in [-0.2, -0.15) is 0 Å². The Morgan fingerprint density at radius 3 is 1.23 bits per heavy atom. The van der Waals surface area contributed by atoms with Gasteiger partial charge in [0.05, 0.1) is 14.2 Å². The summed E-state index contributed by atoms with van der Waals surface area (Å²) in [5.74, 6) is 1.76. The lowest BCUT2D eigenvalue weighted by atomic mass is 10.0. The number of halogens is 4. The molecule has 4 aromatic carbocycles. The fourth-order valence-electron chi connectivity index (χ4n) is 5.13. The molecule has 0 aliphatic carbocycles. The van der Waals surface area contributed by atoms with Crippen molar-refractivity contribution >= 4 is 38.7 Å². The van der Waals surface area contributed by atoms with Gasteiger partial charge >= 0.3 is 14.1 Å². The molecule has 0 unspecified atom stereocenters. The molecule has 0 aromatic heterocycles. The average molecular weight is 658 g/mol. The number of ether oxygens (including phenoxy) is 2. The van der Waals surface area contributed by atoms with Crippen molar-refractivity contribution in [2.24, 2.45) is 0 Å². The van der Waals surface area contributed by atoms with Crippen LogP contribution in [0.1, 0.15) is 22.3 Å². The van der Waals surface area contributed by atoms with Gasteiger partial charge in [0.1, 0.15) is 36.1 Å². The predicted octanol–water partition coefficient (Wildman–Crippen LogP) is 7.53. The summed E-state index contributed by atoms with van der Waals surface area (Å²) in [6.45, 7) is 0.411. The van der Waals surface area contributed by atoms with E-state index in [0.29, 0.717) is 24.3 Å². The summed E-state index contributed by atoms with van der Waals surface area (Å²) in [5.41, 5.74) is 3.59. The Hall–Kier alpha value is -5.25. The standard InChI is InChI=1S/2C18H18BF2NO2/c2*1-23-17-9-7-16(8-10-17)13-18-14-22(19(20,21)24-18)12-11-15-5-3-2-4-6-15/h2*2-10,13-14H,11-12H2,1H3/b2*18-13-. The zero-order chi connectivity index (χ0) is 34.0. The molecule has 0 N–H and O–H groups in total. The first-order chi connectivity index (χ1) is 23.1. The first kappa shape index (κ1) is 34.1. The van der Waals surface area contributed by atoms with Crippen LogP contribution in [-0.4, -0.2) is 62.8 Å². The third kappa shape index (κ3) is 9.40. The summed E-state index contributed by atoms with van der Waals surface area (Å²) in [6, 6.07) is 33.4. The van der Waals surface area contributed by atoms with Crippen LogP contribution in [0, 0.1) is 0 Å². The minimum absolute atomic E-state index is 0.165. The molecule has 2 heterocycles. The van der Waals surface area contributed by atoms with E-state index in [1.54, 1.807) is 74.9 Å². The van der Waals surface area contributed by atoms with Crippen molar-refractivity contribution in [1.29, 1.82) is 0 Å². The van der Waals surface area contributed by atoms with Crippen molar-refractivity contribution in [2.75, 3.05) is 27.3 Å². The van der Waals surface area contributed by atoms with Crippen molar-refractivity contribution in [3.8, 4) is 11.5 Å². The largest absolute Gasteiger partial charge is 0.828 e. The fourth-order valence-corrected chi connectivity index (χ4v) is 5.13. The molecule has 0 fully saturated rings. The molecular weight excluding hydrogens is 622 g/mol. The van der Waals surface area contributed by atoms with Gasteiger partial charge in [0.15, 0.2) is 12.4 Å². The smallest absolute Gasteiger partial charge is 0.596 e. The van der Waals surface area contributed by atoms with Crippen molar-refractivity contribution in [3.63, 3.8) is 0 Å². The summed E-state index contributed by atoms with van der Waals surface area (Å²) in [6.07, 6.45) is 7.03. The maximum absolute atomic E-state index is 14.1. The van der Waals surface area contributed by atoms with Crippen LogP contribution in [0.15, 0.2) is 121 Å². The van der Waals surface area contributed by atoms with Crippen LogP contribution in [0.2, 0.25) is 0 Å². The van der Waals surface area contributed by atoms with E-state index in [0.717, 1.165) is 31.2 Å². The predicted molar refractivity (Wildman–Crippen MR) is 183 cm³/mol. The number of rotatable bonds is 10. The topological polar surface area (TPSA) is 42.9 Å². The zero-order valence-corrected chi connectivity index (χ0v) is 26.7. The molecule has 0 radical (unpaired) electrons. The van der Waals surface area contributed by atoms with Gasteiger partial charge in [0.2, 0.25) is 0 Å². The number of hydrogen-bond acceptors (Lipinski definition) is 4. The quantitative estimate of drug-likeness (QED) is 0.131. The van der Waals surface area contributed by atoms with Crippen LogP contribution in [0.3, 0.4) is 0 Å². The molecule has 0 amide bonds. The number of hydrogen-bond donors (Lipinski definition) is 0. The van der Waals surface area contributed by atoms with Crippen LogP contribution in [0.4, 0.5) is 17.3 Å². The maximum Gasteiger partial charge on any atom is 0.828 e. The number of allylic oxidation sites excluding steroid dienone is 2. The molecule has 0 saturated heterocycles. The summed E-state index contributed by atoms with van der Waals surface area (Å²) >= 11 is 0. The first-order valence-corrected chi connectivity index (χ1v) is 15.5. The number of methoxy groups -OCH3 is 2. The van der Waals surface area contributed by atoms with Crippen LogP contribution in [0.5, 0.6) is 11.5 Å². The lowest BCUT2D eigenvalue weighted by Crippen LogP contribution is -2.38. The van der Waals surface area contributed by atoms with Gasteiger partial charge in [-0.1, -0.05) is 84.9 Å². The molecule has 2 aliphatic rings. The van der Waals surface area contributed by atoms with Gasteiger partial charge in [-0.25, -0.2) is 0 Å². The molecule has 48 heavy (non-hydrogen) atoms. The van der Waals surface area contributed by atoms with E-state index in [2.05, 4.69) is 0 Å². The van der Waals surface area contributed by atoms with Crippen molar-refractivity contribution < 1.29 is 45.0 Å². The Morgan fingerprint density at radius 2 is 0.896 bits per heavy atom. The molecule has 2 aliphatic heterocycles. The normalized spacial score (nSPS) is 17.5. The minimum Gasteiger partial charge on any atom is -0.596 e. The maximum atomic E-state index is 14.1. The second-order valence-electron chi connectivity index (χ2n) is 11.2. The monoisotopic (exact) mass is 658 g/mol. The summed E-state index contributed by atoms with van der Waals surface area (Å²) in [4.78, 5) is 0. The molecule has 4 aromatic rings. The van der Waals surface area contributed by atoms with E-state index < -0.39 is 14.1 Å². The molecular formula is C36H36B2F4N2O4. The molecule has 0 saturated carbocycles. The Kier molecular flexibility index (Phi) is 11.1. The van der Waals surface area contributed by atoms with Crippen LogP contribution in [0.25, 0.3) is 12.2 Å². The van der Waals surface area contributed by atoms with Crippen molar-refractivity contribution in [1.82, 2.24) is 0 Å². The van der Waals surface area contributed by atoms with Gasteiger partial charge < -0.3 is 45.0 Å². The number of benzene rings is 4. The van der Waals surface area contributed by atoms with Gasteiger partial charge in [-0.3, -0.25) is 0 Å².